The lowest BCUT2D eigenvalue weighted by Crippen LogP contribution is -2.29. The van der Waals surface area contributed by atoms with Crippen LogP contribution < -0.4 is 5.32 Å². The van der Waals surface area contributed by atoms with Crippen molar-refractivity contribution >= 4 is 17.7 Å². The predicted octanol–water partition coefficient (Wildman–Crippen LogP) is 0.424. The summed E-state index contributed by atoms with van der Waals surface area (Å²) >= 11 is 0. The molecule has 0 fully saturated rings. The number of nitrogens with zero attached hydrogens (tertiary/aromatic N) is 4. The minimum absolute atomic E-state index is 0.112. The zero-order chi connectivity index (χ0) is 15.4. The number of nitrogens with one attached hydrogen (secondary N) is 1. The standard InChI is InChI=1S/C13H17N5O3/c1-4-5-14-10(19)7-21-12(20)11-16-13-15-8(2)6-9(3)18(13)17-11/h6H,4-5,7H2,1-3H3,(H,14,19). The fraction of sp³-hybridized carbons (Fsp3) is 0.462. The lowest BCUT2D eigenvalue weighted by atomic mass is 10.4. The van der Waals surface area contributed by atoms with E-state index in [9.17, 15) is 9.59 Å². The minimum atomic E-state index is -0.746. The average molecular weight is 291 g/mol. The third-order valence-corrected chi connectivity index (χ3v) is 2.71. The van der Waals surface area contributed by atoms with Crippen LogP contribution in [0.4, 0.5) is 0 Å². The minimum Gasteiger partial charge on any atom is -0.450 e. The number of aryl methyl sites for hydroxylation is 2. The maximum Gasteiger partial charge on any atom is 0.378 e. The molecule has 0 spiro atoms. The summed E-state index contributed by atoms with van der Waals surface area (Å²) in [6.07, 6.45) is 0.817. The van der Waals surface area contributed by atoms with Crippen LogP contribution in [0.3, 0.4) is 0 Å². The maximum absolute atomic E-state index is 11.8. The van der Waals surface area contributed by atoms with Gasteiger partial charge in [0.25, 0.3) is 17.5 Å². The summed E-state index contributed by atoms with van der Waals surface area (Å²) < 4.78 is 6.33. The molecular weight excluding hydrogens is 274 g/mol. The summed E-state index contributed by atoms with van der Waals surface area (Å²) in [4.78, 5) is 31.4. The van der Waals surface area contributed by atoms with Crippen LogP contribution in [0.15, 0.2) is 6.07 Å². The summed E-state index contributed by atoms with van der Waals surface area (Å²) in [5.74, 6) is -0.877. The Morgan fingerprint density at radius 2 is 2.10 bits per heavy atom. The molecule has 2 rings (SSSR count). The van der Waals surface area contributed by atoms with E-state index in [0.29, 0.717) is 12.3 Å². The third kappa shape index (κ3) is 3.53. The van der Waals surface area contributed by atoms with Gasteiger partial charge >= 0.3 is 5.97 Å². The van der Waals surface area contributed by atoms with E-state index in [-0.39, 0.29) is 18.3 Å². The first-order chi connectivity index (χ1) is 10.0. The zero-order valence-corrected chi connectivity index (χ0v) is 12.2. The van der Waals surface area contributed by atoms with Gasteiger partial charge in [0.05, 0.1) is 0 Å². The number of fused-ring (bicyclic) bond motifs is 1. The third-order valence-electron chi connectivity index (χ3n) is 2.71. The number of rotatable bonds is 5. The highest BCUT2D eigenvalue weighted by atomic mass is 16.5. The van der Waals surface area contributed by atoms with E-state index in [0.717, 1.165) is 17.8 Å². The van der Waals surface area contributed by atoms with Crippen LogP contribution in [0.1, 0.15) is 35.4 Å². The molecule has 8 nitrogen and oxygen atoms in total. The second kappa shape index (κ2) is 6.29. The van der Waals surface area contributed by atoms with Gasteiger partial charge in [0, 0.05) is 17.9 Å². The normalized spacial score (nSPS) is 10.6. The summed E-state index contributed by atoms with van der Waals surface area (Å²) in [7, 11) is 0. The monoisotopic (exact) mass is 291 g/mol. The van der Waals surface area contributed by atoms with E-state index in [1.54, 1.807) is 0 Å². The number of carbonyl (C=O) groups excluding carboxylic acids is 2. The summed E-state index contributed by atoms with van der Waals surface area (Å²) in [6.45, 7) is 5.80. The molecule has 0 unspecified atom stereocenters. The molecule has 0 aliphatic heterocycles. The molecule has 112 valence electrons. The number of hydrogen-bond acceptors (Lipinski definition) is 6. The maximum atomic E-state index is 11.8. The van der Waals surface area contributed by atoms with Crippen LogP contribution in [-0.2, 0) is 9.53 Å². The average Bonchev–Trinajstić information content (AvgIpc) is 2.86. The van der Waals surface area contributed by atoms with Crippen LogP contribution in [0.2, 0.25) is 0 Å². The van der Waals surface area contributed by atoms with Crippen molar-refractivity contribution in [3.8, 4) is 0 Å². The molecule has 1 N–H and O–H groups in total. The van der Waals surface area contributed by atoms with Crippen LogP contribution in [0, 0.1) is 13.8 Å². The van der Waals surface area contributed by atoms with Crippen molar-refractivity contribution < 1.29 is 14.3 Å². The van der Waals surface area contributed by atoms with Gasteiger partial charge in [-0.1, -0.05) is 6.92 Å². The molecule has 2 aromatic rings. The summed E-state index contributed by atoms with van der Waals surface area (Å²) in [6, 6.07) is 1.83. The molecule has 0 aliphatic carbocycles. The van der Waals surface area contributed by atoms with Gasteiger partial charge in [-0.2, -0.15) is 4.98 Å². The molecule has 0 saturated carbocycles. The second-order valence-corrected chi connectivity index (χ2v) is 4.61. The highest BCUT2D eigenvalue weighted by Gasteiger charge is 2.17. The van der Waals surface area contributed by atoms with E-state index in [1.165, 1.54) is 4.52 Å². The van der Waals surface area contributed by atoms with E-state index in [1.807, 2.05) is 26.8 Å². The van der Waals surface area contributed by atoms with Crippen molar-refractivity contribution in [3.63, 3.8) is 0 Å². The number of ether oxygens (including phenoxy) is 1. The molecule has 1 amide bonds. The fourth-order valence-electron chi connectivity index (χ4n) is 1.76. The molecule has 0 radical (unpaired) electrons. The molecule has 2 heterocycles. The lowest BCUT2D eigenvalue weighted by molar-refractivity contribution is -0.124. The van der Waals surface area contributed by atoms with Crippen molar-refractivity contribution in [1.29, 1.82) is 0 Å². The van der Waals surface area contributed by atoms with Crippen LogP contribution in [0.5, 0.6) is 0 Å². The largest absolute Gasteiger partial charge is 0.450 e. The number of esters is 1. The van der Waals surface area contributed by atoms with E-state index in [2.05, 4.69) is 20.4 Å². The van der Waals surface area contributed by atoms with Crippen molar-refractivity contribution in [2.24, 2.45) is 0 Å². The van der Waals surface area contributed by atoms with Gasteiger partial charge in [0.15, 0.2) is 6.61 Å². The van der Waals surface area contributed by atoms with Gasteiger partial charge in [0.2, 0.25) is 0 Å². The molecule has 0 aliphatic rings. The predicted molar refractivity (Wildman–Crippen MR) is 73.8 cm³/mol. The Balaban J connectivity index is 2.06. The van der Waals surface area contributed by atoms with E-state index in [4.69, 9.17) is 4.74 Å². The Bertz CT molecular complexity index is 680. The molecule has 8 heteroatoms. The van der Waals surface area contributed by atoms with E-state index < -0.39 is 5.97 Å². The van der Waals surface area contributed by atoms with Crippen LogP contribution >= 0.6 is 0 Å². The molecule has 21 heavy (non-hydrogen) atoms. The van der Waals surface area contributed by atoms with Crippen molar-refractivity contribution in [1.82, 2.24) is 24.9 Å². The second-order valence-electron chi connectivity index (χ2n) is 4.61. The Labute approximate surface area is 121 Å². The van der Waals surface area contributed by atoms with Gasteiger partial charge in [-0.15, -0.1) is 5.10 Å². The van der Waals surface area contributed by atoms with Gasteiger partial charge in [0.1, 0.15) is 0 Å². The van der Waals surface area contributed by atoms with Crippen molar-refractivity contribution in [2.75, 3.05) is 13.2 Å². The Morgan fingerprint density at radius 3 is 2.81 bits per heavy atom. The Morgan fingerprint density at radius 1 is 1.33 bits per heavy atom. The summed E-state index contributed by atoms with van der Waals surface area (Å²) in [5.41, 5.74) is 1.59. The molecule has 0 bridgehead atoms. The van der Waals surface area contributed by atoms with Crippen LogP contribution in [0.25, 0.3) is 5.78 Å². The first-order valence-corrected chi connectivity index (χ1v) is 6.66. The Hall–Kier alpha value is -2.51. The molecule has 0 aromatic carbocycles. The SMILES string of the molecule is CCCNC(=O)COC(=O)c1nc2nc(C)cc(C)n2n1. The van der Waals surface area contributed by atoms with Crippen molar-refractivity contribution in [2.45, 2.75) is 27.2 Å². The highest BCUT2D eigenvalue weighted by Crippen LogP contribution is 2.06. The zero-order valence-electron chi connectivity index (χ0n) is 12.2. The first-order valence-electron chi connectivity index (χ1n) is 6.66. The molecule has 0 atom stereocenters. The summed E-state index contributed by atoms with van der Waals surface area (Å²) in [5, 5.41) is 6.64. The quantitative estimate of drug-likeness (QED) is 0.802. The molecule has 0 saturated heterocycles. The van der Waals surface area contributed by atoms with Crippen LogP contribution in [-0.4, -0.2) is 44.6 Å². The number of amides is 1. The first kappa shape index (κ1) is 14.9. The fourth-order valence-corrected chi connectivity index (χ4v) is 1.76. The number of hydrogen-bond donors (Lipinski definition) is 1. The van der Waals surface area contributed by atoms with Gasteiger partial charge in [-0.05, 0) is 26.3 Å². The molecular formula is C13H17N5O3. The van der Waals surface area contributed by atoms with Gasteiger partial charge in [-0.3, -0.25) is 4.79 Å². The number of carbonyl (C=O) groups is 2. The van der Waals surface area contributed by atoms with Gasteiger partial charge < -0.3 is 10.1 Å². The lowest BCUT2D eigenvalue weighted by Gasteiger charge is -2.03. The topological polar surface area (TPSA) is 98.5 Å². The highest BCUT2D eigenvalue weighted by molar-refractivity contribution is 5.88. The Kier molecular flexibility index (Phi) is 4.46. The van der Waals surface area contributed by atoms with Gasteiger partial charge in [-0.25, -0.2) is 14.3 Å². The number of aromatic nitrogens is 4. The smallest absolute Gasteiger partial charge is 0.378 e. The van der Waals surface area contributed by atoms with Crippen molar-refractivity contribution in [3.05, 3.63) is 23.3 Å². The van der Waals surface area contributed by atoms with E-state index >= 15 is 0 Å². The molecule has 2 aromatic heterocycles.